The van der Waals surface area contributed by atoms with E-state index in [4.69, 9.17) is 4.74 Å². The van der Waals surface area contributed by atoms with E-state index in [1.165, 1.54) is 11.1 Å². The van der Waals surface area contributed by atoms with Crippen LogP contribution in [0.5, 0.6) is 0 Å². The van der Waals surface area contributed by atoms with Gasteiger partial charge in [-0.15, -0.1) is 0 Å². The fourth-order valence-electron chi connectivity index (χ4n) is 3.03. The summed E-state index contributed by atoms with van der Waals surface area (Å²) in [6.07, 6.45) is 0.224. The van der Waals surface area contributed by atoms with Crippen molar-refractivity contribution in [1.29, 1.82) is 0 Å². The van der Waals surface area contributed by atoms with Crippen LogP contribution < -0.4 is 5.32 Å². The zero-order chi connectivity index (χ0) is 10.5. The summed E-state index contributed by atoms with van der Waals surface area (Å²) in [6, 6.07) is 8.68. The second-order valence-corrected chi connectivity index (χ2v) is 4.89. The monoisotopic (exact) mass is 203 g/mol. The molecule has 2 aliphatic rings. The van der Waals surface area contributed by atoms with Crippen molar-refractivity contribution in [3.63, 3.8) is 0 Å². The highest BCUT2D eigenvalue weighted by Gasteiger charge is 2.46. The van der Waals surface area contributed by atoms with Gasteiger partial charge in [-0.3, -0.25) is 0 Å². The molecule has 1 N–H and O–H groups in total. The van der Waals surface area contributed by atoms with E-state index in [-0.39, 0.29) is 11.7 Å². The lowest BCUT2D eigenvalue weighted by atomic mass is 9.80. The zero-order valence-corrected chi connectivity index (χ0v) is 9.29. The van der Waals surface area contributed by atoms with Gasteiger partial charge in [0.15, 0.2) is 0 Å². The molecule has 0 amide bonds. The second-order valence-electron chi connectivity index (χ2n) is 4.89. The average Bonchev–Trinajstić information content (AvgIpc) is 2.60. The third-order valence-electron chi connectivity index (χ3n) is 3.82. The Morgan fingerprint density at radius 3 is 2.87 bits per heavy atom. The standard InChI is InChI=1S/C13H17NO/c1-9-10-5-3-4-6-11(10)12-7-14-8-13(12,2)15-9/h3-6,9,12,14H,7-8H2,1-2H3. The molecule has 0 radical (unpaired) electrons. The summed E-state index contributed by atoms with van der Waals surface area (Å²) in [6.45, 7) is 6.39. The predicted molar refractivity (Wildman–Crippen MR) is 60.0 cm³/mol. The maximum Gasteiger partial charge on any atom is 0.0866 e. The van der Waals surface area contributed by atoms with Crippen molar-refractivity contribution in [2.24, 2.45) is 0 Å². The summed E-state index contributed by atoms with van der Waals surface area (Å²) < 4.78 is 6.16. The van der Waals surface area contributed by atoms with Crippen molar-refractivity contribution in [1.82, 2.24) is 5.32 Å². The van der Waals surface area contributed by atoms with Crippen molar-refractivity contribution in [3.8, 4) is 0 Å². The minimum absolute atomic E-state index is 0.00618. The summed E-state index contributed by atoms with van der Waals surface area (Å²) >= 11 is 0. The molecule has 1 aromatic carbocycles. The first-order valence-corrected chi connectivity index (χ1v) is 5.68. The molecule has 1 aromatic rings. The van der Waals surface area contributed by atoms with Gasteiger partial charge in [0.2, 0.25) is 0 Å². The van der Waals surface area contributed by atoms with Gasteiger partial charge in [-0.2, -0.15) is 0 Å². The highest BCUT2D eigenvalue weighted by molar-refractivity contribution is 5.37. The Balaban J connectivity index is 2.14. The van der Waals surface area contributed by atoms with Gasteiger partial charge in [0.25, 0.3) is 0 Å². The molecule has 0 saturated carbocycles. The maximum atomic E-state index is 6.16. The normalized spacial score (nSPS) is 38.5. The molecule has 0 aromatic heterocycles. The Morgan fingerprint density at radius 2 is 2.07 bits per heavy atom. The van der Waals surface area contributed by atoms with Gasteiger partial charge >= 0.3 is 0 Å². The molecule has 80 valence electrons. The van der Waals surface area contributed by atoms with Gasteiger partial charge in [0.05, 0.1) is 11.7 Å². The molecule has 0 aliphatic carbocycles. The molecule has 0 spiro atoms. The molecule has 3 rings (SSSR count). The van der Waals surface area contributed by atoms with Crippen LogP contribution in [0.3, 0.4) is 0 Å². The number of fused-ring (bicyclic) bond motifs is 3. The van der Waals surface area contributed by atoms with Crippen molar-refractivity contribution in [2.45, 2.75) is 31.5 Å². The third kappa shape index (κ3) is 1.25. The molecule has 2 nitrogen and oxygen atoms in total. The SMILES string of the molecule is CC1OC2(C)CNCC2c2ccccc21. The quantitative estimate of drug-likeness (QED) is 0.698. The molecule has 2 heteroatoms. The van der Waals surface area contributed by atoms with Crippen LogP contribution in [0, 0.1) is 0 Å². The Morgan fingerprint density at radius 1 is 1.33 bits per heavy atom. The van der Waals surface area contributed by atoms with Gasteiger partial charge in [-0.25, -0.2) is 0 Å². The number of hydrogen-bond donors (Lipinski definition) is 1. The van der Waals surface area contributed by atoms with Crippen molar-refractivity contribution >= 4 is 0 Å². The first-order chi connectivity index (χ1) is 7.21. The Labute approximate surface area is 90.6 Å². The van der Waals surface area contributed by atoms with Gasteiger partial charge in [-0.1, -0.05) is 24.3 Å². The molecular formula is C13H17NO. The maximum absolute atomic E-state index is 6.16. The molecule has 3 atom stereocenters. The number of rotatable bonds is 0. The van der Waals surface area contributed by atoms with Crippen LogP contribution in [0.2, 0.25) is 0 Å². The molecule has 2 aliphatic heterocycles. The van der Waals surface area contributed by atoms with Gasteiger partial charge < -0.3 is 10.1 Å². The van der Waals surface area contributed by atoms with E-state index in [1.807, 2.05) is 0 Å². The van der Waals surface area contributed by atoms with Crippen LogP contribution >= 0.6 is 0 Å². The van der Waals surface area contributed by atoms with E-state index in [9.17, 15) is 0 Å². The molecule has 0 bridgehead atoms. The van der Waals surface area contributed by atoms with E-state index in [1.54, 1.807) is 0 Å². The average molecular weight is 203 g/mol. The summed E-state index contributed by atoms with van der Waals surface area (Å²) in [7, 11) is 0. The molecule has 1 fully saturated rings. The molecule has 1 saturated heterocycles. The summed E-state index contributed by atoms with van der Waals surface area (Å²) in [5, 5.41) is 3.44. The molecule has 15 heavy (non-hydrogen) atoms. The fraction of sp³-hybridized carbons (Fsp3) is 0.538. The summed E-state index contributed by atoms with van der Waals surface area (Å²) in [5.74, 6) is 0.518. The Bertz CT molecular complexity index is 390. The Hall–Kier alpha value is -0.860. The molecule has 2 heterocycles. The number of benzene rings is 1. The van der Waals surface area contributed by atoms with Crippen molar-refractivity contribution in [2.75, 3.05) is 13.1 Å². The lowest BCUT2D eigenvalue weighted by Gasteiger charge is -2.40. The van der Waals surface area contributed by atoms with E-state index < -0.39 is 0 Å². The highest BCUT2D eigenvalue weighted by Crippen LogP contribution is 2.45. The smallest absolute Gasteiger partial charge is 0.0866 e. The minimum atomic E-state index is -0.00618. The van der Waals surface area contributed by atoms with Crippen LogP contribution in [0.4, 0.5) is 0 Å². The Kier molecular flexibility index (Phi) is 1.91. The first-order valence-electron chi connectivity index (χ1n) is 5.68. The number of nitrogens with one attached hydrogen (secondary N) is 1. The van der Waals surface area contributed by atoms with Gasteiger partial charge in [-0.05, 0) is 25.0 Å². The molecular weight excluding hydrogens is 186 g/mol. The van der Waals surface area contributed by atoms with E-state index in [2.05, 4.69) is 43.4 Å². The van der Waals surface area contributed by atoms with Crippen LogP contribution in [0.25, 0.3) is 0 Å². The van der Waals surface area contributed by atoms with Crippen molar-refractivity contribution < 1.29 is 4.74 Å². The summed E-state index contributed by atoms with van der Waals surface area (Å²) in [4.78, 5) is 0. The highest BCUT2D eigenvalue weighted by atomic mass is 16.5. The summed E-state index contributed by atoms with van der Waals surface area (Å²) in [5.41, 5.74) is 2.83. The third-order valence-corrected chi connectivity index (χ3v) is 3.82. The lowest BCUT2D eigenvalue weighted by Crippen LogP contribution is -2.41. The molecule has 3 unspecified atom stereocenters. The second kappa shape index (κ2) is 3.06. The predicted octanol–water partition coefficient (Wildman–Crippen LogP) is 2.22. The van der Waals surface area contributed by atoms with Gasteiger partial charge in [0, 0.05) is 19.0 Å². The zero-order valence-electron chi connectivity index (χ0n) is 9.29. The lowest BCUT2D eigenvalue weighted by molar-refractivity contribution is -0.0866. The largest absolute Gasteiger partial charge is 0.366 e. The van der Waals surface area contributed by atoms with E-state index in [0.717, 1.165) is 13.1 Å². The van der Waals surface area contributed by atoms with Crippen LogP contribution in [-0.4, -0.2) is 18.7 Å². The minimum Gasteiger partial charge on any atom is -0.366 e. The van der Waals surface area contributed by atoms with Crippen LogP contribution in [0.1, 0.15) is 37.0 Å². The number of hydrogen-bond acceptors (Lipinski definition) is 2. The van der Waals surface area contributed by atoms with E-state index in [0.29, 0.717) is 5.92 Å². The van der Waals surface area contributed by atoms with Crippen LogP contribution in [0.15, 0.2) is 24.3 Å². The van der Waals surface area contributed by atoms with Crippen molar-refractivity contribution in [3.05, 3.63) is 35.4 Å². The van der Waals surface area contributed by atoms with Gasteiger partial charge in [0.1, 0.15) is 0 Å². The van der Waals surface area contributed by atoms with E-state index >= 15 is 0 Å². The first kappa shape index (κ1) is 9.37. The topological polar surface area (TPSA) is 21.3 Å². The van der Waals surface area contributed by atoms with Crippen LogP contribution in [-0.2, 0) is 4.74 Å². The fourth-order valence-corrected chi connectivity index (χ4v) is 3.03. The number of ether oxygens (including phenoxy) is 1.